The number of carbonyl (C=O) groups is 3. The maximum absolute atomic E-state index is 15.2. The maximum atomic E-state index is 15.2. The molecule has 1 unspecified atom stereocenters. The molecule has 3 amide bonds. The summed E-state index contributed by atoms with van der Waals surface area (Å²) in [6.07, 6.45) is 0.00524. The second-order valence-corrected chi connectivity index (χ2v) is 13.9. The number of hydrogen-bond donors (Lipinski definition) is 1. The molecule has 0 spiro atoms. The van der Waals surface area contributed by atoms with Gasteiger partial charge in [0.15, 0.2) is 11.4 Å². The Bertz CT molecular complexity index is 1720. The first-order chi connectivity index (χ1) is 21.1. The largest absolute Gasteiger partial charge is 0.444 e. The molecule has 238 valence electrons. The zero-order valence-electron chi connectivity index (χ0n) is 26.2. The summed E-state index contributed by atoms with van der Waals surface area (Å²) in [5.41, 5.74) is -0.623. The fourth-order valence-electron chi connectivity index (χ4n) is 6.46. The monoisotopic (exact) mass is 637 g/mol. The molecule has 3 aliphatic heterocycles. The summed E-state index contributed by atoms with van der Waals surface area (Å²) in [5.74, 6) is -1.02. The van der Waals surface area contributed by atoms with Crippen molar-refractivity contribution in [1.29, 1.82) is 0 Å². The van der Waals surface area contributed by atoms with E-state index < -0.39 is 40.8 Å². The second-order valence-electron chi connectivity index (χ2n) is 13.4. The summed E-state index contributed by atoms with van der Waals surface area (Å²) < 4.78 is 29.2. The zero-order chi connectivity index (χ0) is 32.5. The average molecular weight is 638 g/mol. The minimum atomic E-state index is -0.991. The zero-order valence-corrected chi connectivity index (χ0v) is 27.0. The van der Waals surface area contributed by atoms with Crippen LogP contribution in [0.3, 0.4) is 0 Å². The molecule has 1 saturated heterocycles. The van der Waals surface area contributed by atoms with E-state index in [4.69, 9.17) is 21.1 Å². The van der Waals surface area contributed by atoms with Gasteiger partial charge in [0.2, 0.25) is 0 Å². The first-order valence-corrected chi connectivity index (χ1v) is 15.4. The smallest absolute Gasteiger partial charge is 0.410 e. The van der Waals surface area contributed by atoms with Crippen molar-refractivity contribution in [2.24, 2.45) is 0 Å². The third-order valence-corrected chi connectivity index (χ3v) is 8.88. The SMILES string of the molecule is CC(C)(C)OC(=O)N1CCCn2c(-c3cc(Cl)ccc3F)nc(C(=O)N[C@@H]3CN4C(=O)c5ccccc5C4(C)OC3(C)C)c2C1. The predicted octanol–water partition coefficient (Wildman–Crippen LogP) is 5.72. The van der Waals surface area contributed by atoms with Gasteiger partial charge >= 0.3 is 6.09 Å². The molecular formula is C33H37ClFN5O5. The number of nitrogens with one attached hydrogen (secondary N) is 1. The van der Waals surface area contributed by atoms with Crippen LogP contribution in [0.1, 0.15) is 80.1 Å². The normalized spacial score (nSPS) is 22.3. The Hall–Kier alpha value is -3.96. The molecule has 6 rings (SSSR count). The third-order valence-electron chi connectivity index (χ3n) is 8.65. The van der Waals surface area contributed by atoms with Crippen molar-refractivity contribution < 1.29 is 28.2 Å². The number of hydrogen-bond acceptors (Lipinski definition) is 6. The van der Waals surface area contributed by atoms with E-state index in [9.17, 15) is 14.4 Å². The van der Waals surface area contributed by atoms with Crippen molar-refractivity contribution in [3.8, 4) is 11.4 Å². The number of nitrogens with zero attached hydrogens (tertiary/aromatic N) is 4. The second kappa shape index (κ2) is 10.8. The Kier molecular flexibility index (Phi) is 7.48. The molecule has 0 radical (unpaired) electrons. The molecule has 45 heavy (non-hydrogen) atoms. The van der Waals surface area contributed by atoms with Crippen LogP contribution in [0.2, 0.25) is 5.02 Å². The summed E-state index contributed by atoms with van der Waals surface area (Å²) in [7, 11) is 0. The minimum Gasteiger partial charge on any atom is -0.444 e. The summed E-state index contributed by atoms with van der Waals surface area (Å²) in [6, 6.07) is 10.9. The van der Waals surface area contributed by atoms with Gasteiger partial charge in [-0.15, -0.1) is 0 Å². The Labute approximate surface area is 266 Å². The summed E-state index contributed by atoms with van der Waals surface area (Å²) in [4.78, 5) is 48.5. The number of fused-ring (bicyclic) bond motifs is 4. The van der Waals surface area contributed by atoms with E-state index in [-0.39, 0.29) is 36.1 Å². The highest BCUT2D eigenvalue weighted by Gasteiger charge is 2.56. The summed E-state index contributed by atoms with van der Waals surface area (Å²) in [5, 5.41) is 3.38. The van der Waals surface area contributed by atoms with Crippen LogP contribution in [0.15, 0.2) is 42.5 Å². The average Bonchev–Trinajstić information content (AvgIpc) is 3.28. The lowest BCUT2D eigenvalue weighted by Crippen LogP contribution is -2.66. The number of benzene rings is 2. The topological polar surface area (TPSA) is 106 Å². The highest BCUT2D eigenvalue weighted by Crippen LogP contribution is 2.46. The summed E-state index contributed by atoms with van der Waals surface area (Å²) in [6.45, 7) is 11.9. The predicted molar refractivity (Wildman–Crippen MR) is 165 cm³/mol. The molecule has 2 aromatic carbocycles. The van der Waals surface area contributed by atoms with Gasteiger partial charge in [-0.3, -0.25) is 9.59 Å². The lowest BCUT2D eigenvalue weighted by atomic mass is 9.91. The number of aromatic nitrogens is 2. The molecule has 4 heterocycles. The highest BCUT2D eigenvalue weighted by molar-refractivity contribution is 6.30. The van der Waals surface area contributed by atoms with Crippen molar-refractivity contribution in [2.75, 3.05) is 13.1 Å². The van der Waals surface area contributed by atoms with E-state index >= 15 is 4.39 Å². The highest BCUT2D eigenvalue weighted by atomic mass is 35.5. The fourth-order valence-corrected chi connectivity index (χ4v) is 6.64. The van der Waals surface area contributed by atoms with Crippen molar-refractivity contribution in [2.45, 2.75) is 84.0 Å². The molecule has 1 fully saturated rings. The van der Waals surface area contributed by atoms with Crippen LogP contribution in [0, 0.1) is 5.82 Å². The standard InChI is InChI=1S/C33H37ClFN5O5/c1-31(2,3)44-30(43)38-14-9-15-39-24(17-38)26(37-27(39)21-16-19(34)12-13-23(21)35)28(41)36-25-18-40-29(42)20-10-7-8-11-22(20)33(40,6)45-32(25,4)5/h7-8,10-13,16,25H,9,14-15,17-18H2,1-6H3,(H,36,41)/t25-,33?/m1/s1. The van der Waals surface area contributed by atoms with E-state index in [1.807, 2.05) is 39.0 Å². The van der Waals surface area contributed by atoms with Crippen molar-refractivity contribution in [3.63, 3.8) is 0 Å². The maximum Gasteiger partial charge on any atom is 0.410 e. The Morgan fingerprint density at radius 3 is 2.58 bits per heavy atom. The van der Waals surface area contributed by atoms with Crippen molar-refractivity contribution in [3.05, 3.63) is 75.8 Å². The van der Waals surface area contributed by atoms with Crippen LogP contribution < -0.4 is 5.32 Å². The van der Waals surface area contributed by atoms with Crippen LogP contribution in [-0.4, -0.2) is 67.6 Å². The Morgan fingerprint density at radius 2 is 1.84 bits per heavy atom. The van der Waals surface area contributed by atoms with Crippen molar-refractivity contribution in [1.82, 2.24) is 24.7 Å². The van der Waals surface area contributed by atoms with E-state index in [0.29, 0.717) is 35.8 Å². The number of ether oxygens (including phenoxy) is 2. The number of halogens is 2. The van der Waals surface area contributed by atoms with Gasteiger partial charge in [-0.25, -0.2) is 14.2 Å². The molecule has 0 bridgehead atoms. The lowest BCUT2D eigenvalue weighted by molar-refractivity contribution is -0.240. The van der Waals surface area contributed by atoms with Gasteiger partial charge in [0, 0.05) is 35.8 Å². The summed E-state index contributed by atoms with van der Waals surface area (Å²) >= 11 is 6.24. The van der Waals surface area contributed by atoms with Crippen LogP contribution in [0.5, 0.6) is 0 Å². The Balaban J connectivity index is 1.36. The molecule has 3 aromatic rings. The molecular weight excluding hydrogens is 601 g/mol. The van der Waals surface area contributed by atoms with Gasteiger partial charge in [-0.05, 0) is 72.2 Å². The molecule has 10 nitrogen and oxygen atoms in total. The van der Waals surface area contributed by atoms with Crippen LogP contribution in [0.25, 0.3) is 11.4 Å². The Morgan fingerprint density at radius 1 is 1.11 bits per heavy atom. The third kappa shape index (κ3) is 5.46. The van der Waals surface area contributed by atoms with Gasteiger partial charge in [0.1, 0.15) is 17.2 Å². The molecule has 2 atom stereocenters. The first-order valence-electron chi connectivity index (χ1n) is 15.0. The first kappa shape index (κ1) is 31.0. The van der Waals surface area contributed by atoms with Crippen molar-refractivity contribution >= 4 is 29.5 Å². The van der Waals surface area contributed by atoms with Crippen LogP contribution in [-0.2, 0) is 28.3 Å². The van der Waals surface area contributed by atoms with E-state index in [0.717, 1.165) is 5.56 Å². The quantitative estimate of drug-likeness (QED) is 0.394. The molecule has 3 aliphatic rings. The van der Waals surface area contributed by atoms with Crippen LogP contribution >= 0.6 is 11.6 Å². The number of rotatable bonds is 3. The molecule has 1 N–H and O–H groups in total. The molecule has 1 aromatic heterocycles. The molecule has 12 heteroatoms. The van der Waals surface area contributed by atoms with Gasteiger partial charge in [0.25, 0.3) is 11.8 Å². The fraction of sp³-hybridized carbons (Fsp3) is 0.455. The number of carbonyl (C=O) groups excluding carboxylic acids is 3. The molecule has 0 saturated carbocycles. The van der Waals surface area contributed by atoms with Crippen LogP contribution in [0.4, 0.5) is 9.18 Å². The van der Waals surface area contributed by atoms with Gasteiger partial charge in [-0.2, -0.15) is 0 Å². The van der Waals surface area contributed by atoms with E-state index in [2.05, 4.69) is 10.3 Å². The molecule has 0 aliphatic carbocycles. The van der Waals surface area contributed by atoms with Gasteiger partial charge < -0.3 is 29.2 Å². The lowest BCUT2D eigenvalue weighted by Gasteiger charge is -2.51. The van der Waals surface area contributed by atoms with E-state index in [1.54, 1.807) is 36.3 Å². The number of amides is 3. The number of imidazole rings is 1. The van der Waals surface area contributed by atoms with E-state index in [1.165, 1.54) is 23.1 Å². The minimum absolute atomic E-state index is 0.0232. The van der Waals surface area contributed by atoms with Gasteiger partial charge in [-0.1, -0.05) is 29.8 Å². The van der Waals surface area contributed by atoms with Gasteiger partial charge in [0.05, 0.1) is 29.4 Å².